The monoisotopic (exact) mass is 358 g/mol. The number of nitrogens with one attached hydrogen (secondary N) is 1. The van der Waals surface area contributed by atoms with Gasteiger partial charge in [-0.3, -0.25) is 4.79 Å². The quantitative estimate of drug-likeness (QED) is 0.616. The molecule has 4 N–H and O–H groups in total. The molecule has 0 spiro atoms. The molecule has 0 heterocycles. The molecular weight excluding hydrogens is 333 g/mol. The molecule has 24 heavy (non-hydrogen) atoms. The van der Waals surface area contributed by atoms with Crippen LogP contribution in [0.3, 0.4) is 0 Å². The first kappa shape index (κ1) is 24.4. The van der Waals surface area contributed by atoms with Crippen molar-refractivity contribution in [3.05, 3.63) is 0 Å². The van der Waals surface area contributed by atoms with Crippen molar-refractivity contribution < 1.29 is 37.4 Å². The number of amides is 1. The van der Waals surface area contributed by atoms with Gasteiger partial charge in [-0.1, -0.05) is 27.7 Å². The lowest BCUT2D eigenvalue weighted by Gasteiger charge is -2.22. The molecule has 1 amide bonds. The van der Waals surface area contributed by atoms with E-state index in [1.807, 2.05) is 27.7 Å². The summed E-state index contributed by atoms with van der Waals surface area (Å²) in [6.45, 7) is 7.67. The molecule has 0 aliphatic carbocycles. The Morgan fingerprint density at radius 2 is 1.58 bits per heavy atom. The summed E-state index contributed by atoms with van der Waals surface area (Å²) in [4.78, 5) is 32.1. The Balaban J connectivity index is 0. The number of methoxy groups -OCH3 is 1. The molecule has 0 saturated heterocycles. The summed E-state index contributed by atoms with van der Waals surface area (Å²) in [5, 5.41) is 9.76. The SMILES string of the molecule is COC(=O)[C@H](NC(=O)[C@H](N)CC(C)C)C(C)C.O=C(O)C(F)(F)F. The van der Waals surface area contributed by atoms with E-state index in [0.29, 0.717) is 12.3 Å². The van der Waals surface area contributed by atoms with Crippen molar-refractivity contribution in [1.82, 2.24) is 5.32 Å². The highest BCUT2D eigenvalue weighted by Crippen LogP contribution is 2.13. The van der Waals surface area contributed by atoms with Crippen molar-refractivity contribution in [2.24, 2.45) is 17.6 Å². The number of esters is 1. The number of carboxylic acids is 1. The minimum absolute atomic E-state index is 0.0300. The summed E-state index contributed by atoms with van der Waals surface area (Å²) >= 11 is 0. The molecule has 10 heteroatoms. The third-order valence-electron chi connectivity index (χ3n) is 2.72. The predicted molar refractivity (Wildman–Crippen MR) is 79.9 cm³/mol. The number of alkyl halides is 3. The molecular formula is C14H25F3N2O5. The molecule has 0 fully saturated rings. The van der Waals surface area contributed by atoms with Crippen LogP contribution in [0.2, 0.25) is 0 Å². The van der Waals surface area contributed by atoms with Gasteiger partial charge in [0.25, 0.3) is 0 Å². The highest BCUT2D eigenvalue weighted by Gasteiger charge is 2.38. The molecule has 0 bridgehead atoms. The number of carbonyl (C=O) groups is 3. The normalized spacial score (nSPS) is 13.6. The first-order valence-electron chi connectivity index (χ1n) is 7.17. The smallest absolute Gasteiger partial charge is 0.475 e. The van der Waals surface area contributed by atoms with Crippen LogP contribution < -0.4 is 11.1 Å². The maximum absolute atomic E-state index is 11.8. The van der Waals surface area contributed by atoms with Crippen LogP contribution in [0.25, 0.3) is 0 Å². The Labute approximate surface area is 138 Å². The minimum atomic E-state index is -5.08. The van der Waals surface area contributed by atoms with Gasteiger partial charge in [0.05, 0.1) is 13.2 Å². The number of ether oxygens (including phenoxy) is 1. The number of aliphatic carboxylic acids is 1. The molecule has 0 aromatic heterocycles. The summed E-state index contributed by atoms with van der Waals surface area (Å²) in [6.07, 6.45) is -4.49. The third kappa shape index (κ3) is 10.8. The van der Waals surface area contributed by atoms with Crippen LogP contribution in [0.1, 0.15) is 34.1 Å². The van der Waals surface area contributed by atoms with Gasteiger partial charge in [0.1, 0.15) is 6.04 Å². The van der Waals surface area contributed by atoms with E-state index in [1.165, 1.54) is 7.11 Å². The Kier molecular flexibility index (Phi) is 11.0. The highest BCUT2D eigenvalue weighted by atomic mass is 19.4. The third-order valence-corrected chi connectivity index (χ3v) is 2.72. The van der Waals surface area contributed by atoms with E-state index in [2.05, 4.69) is 10.1 Å². The average molecular weight is 358 g/mol. The molecule has 0 radical (unpaired) electrons. The van der Waals surface area contributed by atoms with Crippen LogP contribution in [0, 0.1) is 11.8 Å². The lowest BCUT2D eigenvalue weighted by atomic mass is 10.0. The van der Waals surface area contributed by atoms with Crippen molar-refractivity contribution in [3.8, 4) is 0 Å². The Morgan fingerprint density at radius 1 is 1.17 bits per heavy atom. The lowest BCUT2D eigenvalue weighted by molar-refractivity contribution is -0.192. The Hall–Kier alpha value is -1.84. The van der Waals surface area contributed by atoms with E-state index in [0.717, 1.165) is 0 Å². The number of carboxylic acid groups (broad SMARTS) is 1. The maximum atomic E-state index is 11.8. The van der Waals surface area contributed by atoms with Gasteiger partial charge in [-0.25, -0.2) is 9.59 Å². The van der Waals surface area contributed by atoms with E-state index in [-0.39, 0.29) is 11.8 Å². The molecule has 0 aliphatic rings. The van der Waals surface area contributed by atoms with Crippen molar-refractivity contribution in [1.29, 1.82) is 0 Å². The number of hydrogen-bond acceptors (Lipinski definition) is 5. The predicted octanol–water partition coefficient (Wildman–Crippen LogP) is 1.31. The summed E-state index contributed by atoms with van der Waals surface area (Å²) in [5.74, 6) is -3.19. The zero-order valence-electron chi connectivity index (χ0n) is 14.3. The van der Waals surface area contributed by atoms with Gasteiger partial charge in [0.15, 0.2) is 0 Å². The van der Waals surface area contributed by atoms with E-state index in [9.17, 15) is 22.8 Å². The topological polar surface area (TPSA) is 119 Å². The van der Waals surface area contributed by atoms with Crippen LogP contribution in [0.4, 0.5) is 13.2 Å². The standard InChI is InChI=1S/C12H24N2O3.C2HF3O2/c1-7(2)6-9(13)11(15)14-10(8(3)4)12(16)17-5;3-2(4,5)1(6)7/h7-10H,6,13H2,1-5H3,(H,14,15);(H,6,7)/t9-,10-;/m1./s1. The zero-order chi connectivity index (χ0) is 19.7. The molecule has 142 valence electrons. The van der Waals surface area contributed by atoms with Gasteiger partial charge in [-0.05, 0) is 18.3 Å². The molecule has 0 unspecified atom stereocenters. The summed E-state index contributed by atoms with van der Waals surface area (Å²) in [6, 6.07) is -1.22. The minimum Gasteiger partial charge on any atom is -0.475 e. The van der Waals surface area contributed by atoms with Crippen LogP contribution in [0.15, 0.2) is 0 Å². The molecule has 7 nitrogen and oxygen atoms in total. The van der Waals surface area contributed by atoms with Gasteiger partial charge in [-0.15, -0.1) is 0 Å². The fraction of sp³-hybridized carbons (Fsp3) is 0.786. The number of halogens is 3. The van der Waals surface area contributed by atoms with Crippen LogP contribution in [0.5, 0.6) is 0 Å². The first-order valence-corrected chi connectivity index (χ1v) is 7.17. The van der Waals surface area contributed by atoms with Gasteiger partial charge in [0.2, 0.25) is 5.91 Å². The second kappa shape index (κ2) is 10.8. The van der Waals surface area contributed by atoms with Crippen molar-refractivity contribution in [3.63, 3.8) is 0 Å². The first-order chi connectivity index (χ1) is 10.7. The van der Waals surface area contributed by atoms with E-state index >= 15 is 0 Å². The maximum Gasteiger partial charge on any atom is 0.490 e. The second-order valence-electron chi connectivity index (χ2n) is 5.79. The Bertz CT molecular complexity index is 425. The van der Waals surface area contributed by atoms with E-state index < -0.39 is 30.2 Å². The molecule has 0 aromatic carbocycles. The van der Waals surface area contributed by atoms with E-state index in [4.69, 9.17) is 15.6 Å². The Morgan fingerprint density at radius 3 is 1.83 bits per heavy atom. The number of hydrogen-bond donors (Lipinski definition) is 3. The van der Waals surface area contributed by atoms with Crippen molar-refractivity contribution >= 4 is 17.8 Å². The van der Waals surface area contributed by atoms with Crippen LogP contribution in [-0.4, -0.2) is 48.3 Å². The molecule has 0 rings (SSSR count). The van der Waals surface area contributed by atoms with E-state index in [1.54, 1.807) is 0 Å². The average Bonchev–Trinajstić information content (AvgIpc) is 2.42. The lowest BCUT2D eigenvalue weighted by Crippen LogP contribution is -2.51. The van der Waals surface area contributed by atoms with Gasteiger partial charge in [-0.2, -0.15) is 13.2 Å². The zero-order valence-corrected chi connectivity index (χ0v) is 14.3. The molecule has 0 aromatic rings. The highest BCUT2D eigenvalue weighted by molar-refractivity contribution is 5.87. The molecule has 2 atom stereocenters. The largest absolute Gasteiger partial charge is 0.490 e. The van der Waals surface area contributed by atoms with Crippen molar-refractivity contribution in [2.45, 2.75) is 52.4 Å². The summed E-state index contributed by atoms with van der Waals surface area (Å²) in [5.41, 5.74) is 5.74. The molecule has 0 saturated carbocycles. The summed E-state index contributed by atoms with van der Waals surface area (Å²) < 4.78 is 36.4. The van der Waals surface area contributed by atoms with Crippen molar-refractivity contribution in [2.75, 3.05) is 7.11 Å². The van der Waals surface area contributed by atoms with Gasteiger partial charge < -0.3 is 20.9 Å². The summed E-state index contributed by atoms with van der Waals surface area (Å²) in [7, 11) is 1.30. The number of carbonyl (C=O) groups excluding carboxylic acids is 2. The van der Waals surface area contributed by atoms with Gasteiger partial charge >= 0.3 is 18.1 Å². The van der Waals surface area contributed by atoms with Gasteiger partial charge in [0, 0.05) is 0 Å². The van der Waals surface area contributed by atoms with Crippen LogP contribution in [-0.2, 0) is 19.1 Å². The fourth-order valence-electron chi connectivity index (χ4n) is 1.50. The van der Waals surface area contributed by atoms with Crippen LogP contribution >= 0.6 is 0 Å². The number of rotatable bonds is 6. The second-order valence-corrected chi connectivity index (χ2v) is 5.79. The fourth-order valence-corrected chi connectivity index (χ4v) is 1.50. The number of nitrogens with two attached hydrogens (primary N) is 1. The molecule has 0 aliphatic heterocycles.